The second kappa shape index (κ2) is 5.16. The Labute approximate surface area is 116 Å². The lowest BCUT2D eigenvalue weighted by Crippen LogP contribution is -2.36. The second-order valence-electron chi connectivity index (χ2n) is 6.52. The van der Waals surface area contributed by atoms with Gasteiger partial charge in [0.1, 0.15) is 5.75 Å². The minimum Gasteiger partial charge on any atom is -0.493 e. The molecule has 3 atom stereocenters. The number of ether oxygens (including phenoxy) is 1. The average molecular weight is 259 g/mol. The molecule has 0 saturated heterocycles. The lowest BCUT2D eigenvalue weighted by molar-refractivity contribution is 0.229. The van der Waals surface area contributed by atoms with E-state index < -0.39 is 0 Å². The van der Waals surface area contributed by atoms with E-state index in [0.29, 0.717) is 12.0 Å². The Morgan fingerprint density at radius 2 is 2.11 bits per heavy atom. The van der Waals surface area contributed by atoms with Gasteiger partial charge in [0, 0.05) is 18.4 Å². The van der Waals surface area contributed by atoms with Gasteiger partial charge in [0.25, 0.3) is 0 Å². The molecule has 1 aliphatic carbocycles. The summed E-state index contributed by atoms with van der Waals surface area (Å²) in [4.78, 5) is 0. The first-order chi connectivity index (χ1) is 9.16. The second-order valence-corrected chi connectivity index (χ2v) is 6.52. The molecule has 2 N–H and O–H groups in total. The van der Waals surface area contributed by atoms with Gasteiger partial charge in [-0.15, -0.1) is 0 Å². The SMILES string of the molecule is CC(C)C1CCC(N)C(c2cccc3c2OCC3)C1. The van der Waals surface area contributed by atoms with Crippen LogP contribution in [0.15, 0.2) is 18.2 Å². The van der Waals surface area contributed by atoms with Gasteiger partial charge in [-0.2, -0.15) is 0 Å². The van der Waals surface area contributed by atoms with Gasteiger partial charge in [0.15, 0.2) is 0 Å². The van der Waals surface area contributed by atoms with E-state index in [1.165, 1.54) is 24.0 Å². The molecule has 2 nitrogen and oxygen atoms in total. The van der Waals surface area contributed by atoms with Crippen molar-refractivity contribution in [1.29, 1.82) is 0 Å². The van der Waals surface area contributed by atoms with Crippen LogP contribution in [0.25, 0.3) is 0 Å². The third-order valence-electron chi connectivity index (χ3n) is 5.03. The van der Waals surface area contributed by atoms with E-state index in [2.05, 4.69) is 32.0 Å². The van der Waals surface area contributed by atoms with Crippen LogP contribution in [0.5, 0.6) is 5.75 Å². The van der Waals surface area contributed by atoms with Crippen LogP contribution in [-0.4, -0.2) is 12.6 Å². The van der Waals surface area contributed by atoms with E-state index in [1.54, 1.807) is 0 Å². The molecule has 1 aromatic carbocycles. The summed E-state index contributed by atoms with van der Waals surface area (Å²) in [5, 5.41) is 0. The zero-order chi connectivity index (χ0) is 13.4. The summed E-state index contributed by atoms with van der Waals surface area (Å²) in [5.41, 5.74) is 9.15. The predicted octanol–water partition coefficient (Wildman–Crippen LogP) is 3.49. The Kier molecular flexibility index (Phi) is 3.53. The van der Waals surface area contributed by atoms with Crippen molar-refractivity contribution in [2.75, 3.05) is 6.61 Å². The minimum atomic E-state index is 0.297. The van der Waals surface area contributed by atoms with Gasteiger partial charge in [-0.25, -0.2) is 0 Å². The summed E-state index contributed by atoms with van der Waals surface area (Å²) < 4.78 is 5.87. The largest absolute Gasteiger partial charge is 0.493 e. The normalized spacial score (nSPS) is 30.2. The van der Waals surface area contributed by atoms with Crippen molar-refractivity contribution in [3.8, 4) is 5.75 Å². The number of nitrogens with two attached hydrogens (primary N) is 1. The molecule has 3 unspecified atom stereocenters. The van der Waals surface area contributed by atoms with Crippen LogP contribution < -0.4 is 10.5 Å². The molecule has 0 radical (unpaired) electrons. The Bertz CT molecular complexity index is 455. The highest BCUT2D eigenvalue weighted by atomic mass is 16.5. The fourth-order valence-electron chi connectivity index (χ4n) is 3.72. The highest BCUT2D eigenvalue weighted by Crippen LogP contribution is 2.43. The molecule has 1 saturated carbocycles. The first-order valence-electron chi connectivity index (χ1n) is 7.67. The van der Waals surface area contributed by atoms with Crippen LogP contribution in [0.3, 0.4) is 0 Å². The molecular weight excluding hydrogens is 234 g/mol. The van der Waals surface area contributed by atoms with Gasteiger partial charge in [0.2, 0.25) is 0 Å². The molecule has 0 spiro atoms. The third kappa shape index (κ3) is 2.38. The van der Waals surface area contributed by atoms with Crippen LogP contribution in [-0.2, 0) is 6.42 Å². The third-order valence-corrected chi connectivity index (χ3v) is 5.03. The molecular formula is C17H25NO. The Hall–Kier alpha value is -1.02. The number of para-hydroxylation sites is 1. The molecule has 104 valence electrons. The Morgan fingerprint density at radius 3 is 2.89 bits per heavy atom. The number of rotatable bonds is 2. The topological polar surface area (TPSA) is 35.2 Å². The van der Waals surface area contributed by atoms with Crippen molar-refractivity contribution in [1.82, 2.24) is 0 Å². The molecule has 1 aromatic rings. The average Bonchev–Trinajstić information content (AvgIpc) is 2.87. The fraction of sp³-hybridized carbons (Fsp3) is 0.647. The lowest BCUT2D eigenvalue weighted by atomic mass is 9.71. The summed E-state index contributed by atoms with van der Waals surface area (Å²) in [6.07, 6.45) is 4.71. The monoisotopic (exact) mass is 259 g/mol. The zero-order valence-electron chi connectivity index (χ0n) is 12.1. The maximum Gasteiger partial charge on any atom is 0.126 e. The van der Waals surface area contributed by atoms with Gasteiger partial charge in [0.05, 0.1) is 6.61 Å². The van der Waals surface area contributed by atoms with E-state index in [9.17, 15) is 0 Å². The number of fused-ring (bicyclic) bond motifs is 1. The van der Waals surface area contributed by atoms with Crippen LogP contribution in [0.2, 0.25) is 0 Å². The van der Waals surface area contributed by atoms with Crippen LogP contribution in [0.4, 0.5) is 0 Å². The standard InChI is InChI=1S/C17H25NO/c1-11(2)13-6-7-16(18)15(10-13)14-5-3-4-12-8-9-19-17(12)14/h3-5,11,13,15-16H,6-10,18H2,1-2H3. The molecule has 2 aliphatic rings. The quantitative estimate of drug-likeness (QED) is 0.882. The van der Waals surface area contributed by atoms with Crippen molar-refractivity contribution >= 4 is 0 Å². The minimum absolute atomic E-state index is 0.297. The Morgan fingerprint density at radius 1 is 1.26 bits per heavy atom. The van der Waals surface area contributed by atoms with E-state index in [0.717, 1.165) is 37.0 Å². The van der Waals surface area contributed by atoms with Gasteiger partial charge in [-0.1, -0.05) is 32.0 Å². The highest BCUT2D eigenvalue weighted by molar-refractivity contribution is 5.46. The van der Waals surface area contributed by atoms with Crippen LogP contribution in [0.1, 0.15) is 50.2 Å². The van der Waals surface area contributed by atoms with Gasteiger partial charge < -0.3 is 10.5 Å². The summed E-state index contributed by atoms with van der Waals surface area (Å²) in [5.74, 6) is 3.19. The molecule has 1 fully saturated rings. The molecule has 0 bridgehead atoms. The van der Waals surface area contributed by atoms with E-state index in [1.807, 2.05) is 0 Å². The molecule has 2 heteroatoms. The smallest absolute Gasteiger partial charge is 0.126 e. The van der Waals surface area contributed by atoms with Crippen molar-refractivity contribution in [3.05, 3.63) is 29.3 Å². The van der Waals surface area contributed by atoms with Gasteiger partial charge >= 0.3 is 0 Å². The van der Waals surface area contributed by atoms with E-state index >= 15 is 0 Å². The number of benzene rings is 1. The fourth-order valence-corrected chi connectivity index (χ4v) is 3.72. The number of hydrogen-bond donors (Lipinski definition) is 1. The van der Waals surface area contributed by atoms with Crippen molar-refractivity contribution < 1.29 is 4.74 Å². The van der Waals surface area contributed by atoms with E-state index in [-0.39, 0.29) is 0 Å². The first kappa shape index (κ1) is 13.0. The molecule has 0 amide bonds. The zero-order valence-corrected chi connectivity index (χ0v) is 12.1. The summed E-state index contributed by atoms with van der Waals surface area (Å²) in [6, 6.07) is 6.90. The highest BCUT2D eigenvalue weighted by Gasteiger charge is 2.33. The van der Waals surface area contributed by atoms with Crippen LogP contribution >= 0.6 is 0 Å². The van der Waals surface area contributed by atoms with E-state index in [4.69, 9.17) is 10.5 Å². The summed E-state index contributed by atoms with van der Waals surface area (Å²) in [6.45, 7) is 5.51. The molecule has 19 heavy (non-hydrogen) atoms. The summed E-state index contributed by atoms with van der Waals surface area (Å²) in [7, 11) is 0. The van der Waals surface area contributed by atoms with Crippen molar-refractivity contribution in [2.24, 2.45) is 17.6 Å². The lowest BCUT2D eigenvalue weighted by Gasteiger charge is -2.36. The predicted molar refractivity (Wildman–Crippen MR) is 78.5 cm³/mol. The summed E-state index contributed by atoms with van der Waals surface area (Å²) >= 11 is 0. The maximum absolute atomic E-state index is 6.41. The van der Waals surface area contributed by atoms with Crippen molar-refractivity contribution in [2.45, 2.75) is 51.5 Å². The number of hydrogen-bond acceptors (Lipinski definition) is 2. The van der Waals surface area contributed by atoms with Crippen molar-refractivity contribution in [3.63, 3.8) is 0 Å². The first-order valence-corrected chi connectivity index (χ1v) is 7.67. The van der Waals surface area contributed by atoms with Crippen LogP contribution in [0, 0.1) is 11.8 Å². The van der Waals surface area contributed by atoms with Gasteiger partial charge in [-0.3, -0.25) is 0 Å². The molecule has 0 aromatic heterocycles. The molecule has 1 heterocycles. The molecule has 3 rings (SSSR count). The maximum atomic E-state index is 6.41. The van der Waals surface area contributed by atoms with Gasteiger partial charge in [-0.05, 0) is 42.2 Å². The molecule has 1 aliphatic heterocycles. The Balaban J connectivity index is 1.90.